The molecule has 0 fully saturated rings. The Bertz CT molecular complexity index is 1540. The molecule has 4 rings (SSSR count). The number of amides is 1. The summed E-state index contributed by atoms with van der Waals surface area (Å²) in [5.41, 5.74) is 1.83. The molecular weight excluding hydrogens is 421 g/mol. The zero-order valence-electron chi connectivity index (χ0n) is 18.4. The largest absolute Gasteiger partial charge is 0.309 e. The molecule has 0 aliphatic rings. The molecule has 0 N–H and O–H groups in total. The van der Waals surface area contributed by atoms with Gasteiger partial charge in [-0.2, -0.15) is 10.3 Å². The van der Waals surface area contributed by atoms with Gasteiger partial charge in [-0.05, 0) is 55.3 Å². The average molecular weight is 443 g/mol. The number of aromatic nitrogens is 3. The summed E-state index contributed by atoms with van der Waals surface area (Å²) in [6.45, 7) is 4.37. The number of benzene rings is 1. The molecule has 0 spiro atoms. The third kappa shape index (κ3) is 4.17. The van der Waals surface area contributed by atoms with E-state index < -0.39 is 11.7 Å². The molecule has 4 aromatic rings. The van der Waals surface area contributed by atoms with Crippen LogP contribution in [0.3, 0.4) is 0 Å². The van der Waals surface area contributed by atoms with Crippen molar-refractivity contribution >= 4 is 22.6 Å². The predicted octanol–water partition coefficient (Wildman–Crippen LogP) is 3.90. The van der Waals surface area contributed by atoms with E-state index in [1.165, 1.54) is 34.7 Å². The zero-order valence-corrected chi connectivity index (χ0v) is 18.4. The number of halogens is 1. The van der Waals surface area contributed by atoms with Gasteiger partial charge in [0.05, 0.1) is 10.9 Å². The number of pyridine rings is 2. The Kier molecular flexibility index (Phi) is 6.13. The molecule has 3 heterocycles. The Balaban J connectivity index is 2.06. The van der Waals surface area contributed by atoms with Crippen LogP contribution < -0.4 is 11.0 Å². The maximum absolute atomic E-state index is 13.3. The first-order valence-corrected chi connectivity index (χ1v) is 10.7. The van der Waals surface area contributed by atoms with Crippen LogP contribution in [0.4, 0.5) is 4.39 Å². The molecule has 0 aliphatic carbocycles. The number of fused-ring (bicyclic) bond motifs is 2. The summed E-state index contributed by atoms with van der Waals surface area (Å²) < 4.78 is 16.4. The second kappa shape index (κ2) is 9.17. The van der Waals surface area contributed by atoms with E-state index in [4.69, 9.17) is 4.98 Å². The summed E-state index contributed by atoms with van der Waals surface area (Å²) in [6.07, 6.45) is 4.28. The molecule has 7 nitrogen and oxygen atoms in total. The smallest absolute Gasteiger partial charge is 0.278 e. The molecular formula is C25H22FN5O2. The molecule has 33 heavy (non-hydrogen) atoms. The molecule has 0 saturated carbocycles. The standard InChI is InChI=1S/C25H22FN5O2/c1-3-4-5-12-30-22(29-24(32)17-8-10-19(26)11-9-17)18(15-27)14-20-23(30)28-21-16(2)7-6-13-31(21)25(20)33/h6-11,13-14H,3-5,12H2,1-2H3. The third-order valence-corrected chi connectivity index (χ3v) is 5.51. The van der Waals surface area contributed by atoms with Gasteiger partial charge >= 0.3 is 0 Å². The maximum Gasteiger partial charge on any atom is 0.278 e. The van der Waals surface area contributed by atoms with Crippen LogP contribution in [0.5, 0.6) is 0 Å². The second-order valence-electron chi connectivity index (χ2n) is 7.82. The molecule has 166 valence electrons. The van der Waals surface area contributed by atoms with E-state index in [1.807, 2.05) is 13.0 Å². The molecule has 0 atom stereocenters. The van der Waals surface area contributed by atoms with Crippen LogP contribution in [0.25, 0.3) is 16.7 Å². The fourth-order valence-corrected chi connectivity index (χ4v) is 3.77. The number of rotatable bonds is 5. The van der Waals surface area contributed by atoms with Crippen LogP contribution in [0.1, 0.15) is 47.7 Å². The highest BCUT2D eigenvalue weighted by molar-refractivity contribution is 5.95. The van der Waals surface area contributed by atoms with Gasteiger partial charge in [0.2, 0.25) is 0 Å². The van der Waals surface area contributed by atoms with Gasteiger partial charge in [0.15, 0.2) is 5.49 Å². The van der Waals surface area contributed by atoms with Crippen LogP contribution in [0.2, 0.25) is 0 Å². The van der Waals surface area contributed by atoms with Gasteiger partial charge in [-0.3, -0.25) is 14.0 Å². The number of hydrogen-bond acceptors (Lipinski definition) is 4. The molecule has 0 radical (unpaired) electrons. The predicted molar refractivity (Wildman–Crippen MR) is 122 cm³/mol. The fraction of sp³-hybridized carbons (Fsp3) is 0.240. The molecule has 0 bridgehead atoms. The minimum atomic E-state index is -0.608. The van der Waals surface area contributed by atoms with Gasteiger partial charge in [-0.25, -0.2) is 9.37 Å². The van der Waals surface area contributed by atoms with E-state index in [2.05, 4.69) is 18.0 Å². The molecule has 0 unspecified atom stereocenters. The summed E-state index contributed by atoms with van der Waals surface area (Å²) >= 11 is 0. The number of aryl methyl sites for hydroxylation is 2. The lowest BCUT2D eigenvalue weighted by Crippen LogP contribution is -2.29. The lowest BCUT2D eigenvalue weighted by molar-refractivity contribution is 0.0997. The van der Waals surface area contributed by atoms with E-state index in [9.17, 15) is 19.2 Å². The van der Waals surface area contributed by atoms with E-state index in [-0.39, 0.29) is 27.6 Å². The lowest BCUT2D eigenvalue weighted by atomic mass is 10.2. The summed E-state index contributed by atoms with van der Waals surface area (Å²) in [6, 6.07) is 12.2. The average Bonchev–Trinajstić information content (AvgIpc) is 2.81. The number of hydrogen-bond donors (Lipinski definition) is 0. The van der Waals surface area contributed by atoms with Crippen LogP contribution in [0.15, 0.2) is 58.4 Å². The maximum atomic E-state index is 13.3. The van der Waals surface area contributed by atoms with E-state index in [1.54, 1.807) is 16.8 Å². The van der Waals surface area contributed by atoms with Gasteiger partial charge in [0.1, 0.15) is 23.2 Å². The van der Waals surface area contributed by atoms with E-state index in [0.29, 0.717) is 17.8 Å². The quantitative estimate of drug-likeness (QED) is 0.345. The molecule has 1 amide bonds. The monoisotopic (exact) mass is 443 g/mol. The van der Waals surface area contributed by atoms with Gasteiger partial charge < -0.3 is 4.57 Å². The van der Waals surface area contributed by atoms with Crippen molar-refractivity contribution in [2.75, 3.05) is 0 Å². The van der Waals surface area contributed by atoms with Crippen molar-refractivity contribution in [3.8, 4) is 6.07 Å². The third-order valence-electron chi connectivity index (χ3n) is 5.51. The Hall–Kier alpha value is -4.12. The van der Waals surface area contributed by atoms with Gasteiger partial charge in [-0.15, -0.1) is 0 Å². The van der Waals surface area contributed by atoms with Crippen LogP contribution in [-0.4, -0.2) is 19.9 Å². The number of nitriles is 1. The highest BCUT2D eigenvalue weighted by Gasteiger charge is 2.16. The van der Waals surface area contributed by atoms with E-state index >= 15 is 0 Å². The van der Waals surface area contributed by atoms with Gasteiger partial charge in [0, 0.05) is 18.3 Å². The summed E-state index contributed by atoms with van der Waals surface area (Å²) in [5.74, 6) is -1.07. The summed E-state index contributed by atoms with van der Waals surface area (Å²) in [7, 11) is 0. The summed E-state index contributed by atoms with van der Waals surface area (Å²) in [5, 5.41) is 10.1. The number of unbranched alkanes of at least 4 members (excludes halogenated alkanes) is 2. The minimum absolute atomic E-state index is 0.0981. The first kappa shape index (κ1) is 22.1. The molecule has 3 aromatic heterocycles. The lowest BCUT2D eigenvalue weighted by Gasteiger charge is -2.14. The number of carbonyl (C=O) groups excluding carboxylic acids is 1. The number of carbonyl (C=O) groups is 1. The molecule has 0 aliphatic heterocycles. The highest BCUT2D eigenvalue weighted by atomic mass is 19.1. The molecule has 1 aromatic carbocycles. The van der Waals surface area contributed by atoms with Crippen molar-refractivity contribution in [1.82, 2.24) is 14.0 Å². The number of nitrogens with zero attached hydrogens (tertiary/aromatic N) is 5. The van der Waals surface area contributed by atoms with Crippen LogP contribution >= 0.6 is 0 Å². The minimum Gasteiger partial charge on any atom is -0.309 e. The Morgan fingerprint density at radius 3 is 2.64 bits per heavy atom. The van der Waals surface area contributed by atoms with E-state index in [0.717, 1.165) is 24.8 Å². The highest BCUT2D eigenvalue weighted by Crippen LogP contribution is 2.14. The second-order valence-corrected chi connectivity index (χ2v) is 7.82. The topological polar surface area (TPSA) is 92.5 Å². The fourth-order valence-electron chi connectivity index (χ4n) is 3.77. The Morgan fingerprint density at radius 2 is 1.94 bits per heavy atom. The van der Waals surface area contributed by atoms with Crippen molar-refractivity contribution in [3.63, 3.8) is 0 Å². The SMILES string of the molecule is CCCCCn1c(=NC(=O)c2ccc(F)cc2)c(C#N)cc2c(=O)n3cccc(C)c3nc21. The van der Waals surface area contributed by atoms with Crippen LogP contribution in [0, 0.1) is 24.1 Å². The van der Waals surface area contributed by atoms with Crippen molar-refractivity contribution in [1.29, 1.82) is 5.26 Å². The Labute approximate surface area is 189 Å². The normalized spacial score (nSPS) is 11.8. The Morgan fingerprint density at radius 1 is 1.18 bits per heavy atom. The van der Waals surface area contributed by atoms with Crippen molar-refractivity contribution < 1.29 is 9.18 Å². The van der Waals surface area contributed by atoms with Gasteiger partial charge in [0.25, 0.3) is 11.5 Å². The molecule has 0 saturated heterocycles. The van der Waals surface area contributed by atoms with Crippen molar-refractivity contribution in [3.05, 3.63) is 87.0 Å². The summed E-state index contributed by atoms with van der Waals surface area (Å²) in [4.78, 5) is 35.1. The van der Waals surface area contributed by atoms with Crippen LogP contribution in [-0.2, 0) is 6.54 Å². The van der Waals surface area contributed by atoms with Crippen molar-refractivity contribution in [2.45, 2.75) is 39.7 Å². The first-order chi connectivity index (χ1) is 15.9. The first-order valence-electron chi connectivity index (χ1n) is 10.7. The molecule has 8 heteroatoms. The van der Waals surface area contributed by atoms with Gasteiger partial charge in [-0.1, -0.05) is 25.8 Å². The van der Waals surface area contributed by atoms with Crippen molar-refractivity contribution in [2.24, 2.45) is 4.99 Å². The zero-order chi connectivity index (χ0) is 23.5.